The third kappa shape index (κ3) is 4.35. The molecule has 3 rings (SSSR count). The summed E-state index contributed by atoms with van der Waals surface area (Å²) in [5, 5.41) is 16.3. The number of carbonyl (C=O) groups is 2. The van der Waals surface area contributed by atoms with Gasteiger partial charge in [0.1, 0.15) is 11.6 Å². The highest BCUT2D eigenvalue weighted by Gasteiger charge is 2.34. The van der Waals surface area contributed by atoms with Crippen molar-refractivity contribution in [2.24, 2.45) is 5.92 Å². The van der Waals surface area contributed by atoms with Crippen LogP contribution in [0.4, 0.5) is 5.82 Å². The van der Waals surface area contributed by atoms with E-state index < -0.39 is 5.92 Å². The number of likely N-dealkylation sites (tertiary alicyclic amines) is 1. The monoisotopic (exact) mass is 381 g/mol. The van der Waals surface area contributed by atoms with Crippen molar-refractivity contribution >= 4 is 17.6 Å². The SMILES string of the molecule is CN(C)CCCN1CC(C(=O)Nc2c(C#N)cnn2-c2ccccn2)CC1=O. The lowest BCUT2D eigenvalue weighted by Crippen LogP contribution is -2.31. The van der Waals surface area contributed by atoms with Crippen LogP contribution in [0.15, 0.2) is 30.6 Å². The molecule has 0 radical (unpaired) electrons. The van der Waals surface area contributed by atoms with Crippen LogP contribution in [0, 0.1) is 17.2 Å². The summed E-state index contributed by atoms with van der Waals surface area (Å²) >= 11 is 0. The first-order valence-corrected chi connectivity index (χ1v) is 9.12. The third-order valence-corrected chi connectivity index (χ3v) is 4.62. The zero-order valence-corrected chi connectivity index (χ0v) is 16.0. The van der Waals surface area contributed by atoms with Crippen molar-refractivity contribution < 1.29 is 9.59 Å². The van der Waals surface area contributed by atoms with Crippen molar-refractivity contribution in [1.29, 1.82) is 5.26 Å². The van der Waals surface area contributed by atoms with Gasteiger partial charge in [0.15, 0.2) is 11.6 Å². The fourth-order valence-corrected chi connectivity index (χ4v) is 3.16. The van der Waals surface area contributed by atoms with Crippen molar-refractivity contribution in [1.82, 2.24) is 24.6 Å². The smallest absolute Gasteiger partial charge is 0.230 e. The van der Waals surface area contributed by atoms with Gasteiger partial charge in [-0.15, -0.1) is 0 Å². The average Bonchev–Trinajstić information content (AvgIpc) is 3.25. The van der Waals surface area contributed by atoms with Crippen LogP contribution >= 0.6 is 0 Å². The van der Waals surface area contributed by atoms with Gasteiger partial charge in [-0.2, -0.15) is 15.0 Å². The highest BCUT2D eigenvalue weighted by molar-refractivity contribution is 5.97. The second kappa shape index (κ2) is 8.63. The van der Waals surface area contributed by atoms with Crippen LogP contribution in [0.25, 0.3) is 5.82 Å². The third-order valence-electron chi connectivity index (χ3n) is 4.62. The molecule has 2 aromatic rings. The van der Waals surface area contributed by atoms with Crippen molar-refractivity contribution in [2.75, 3.05) is 39.0 Å². The second-order valence-corrected chi connectivity index (χ2v) is 7.01. The van der Waals surface area contributed by atoms with E-state index in [1.54, 1.807) is 29.3 Å². The number of carbonyl (C=O) groups excluding carboxylic acids is 2. The maximum atomic E-state index is 12.8. The summed E-state index contributed by atoms with van der Waals surface area (Å²) in [5.74, 6) is -0.00224. The Morgan fingerprint density at radius 1 is 1.43 bits per heavy atom. The summed E-state index contributed by atoms with van der Waals surface area (Å²) in [4.78, 5) is 33.0. The van der Waals surface area contributed by atoms with Gasteiger partial charge in [-0.25, -0.2) is 4.98 Å². The molecule has 9 heteroatoms. The number of anilines is 1. The summed E-state index contributed by atoms with van der Waals surface area (Å²) in [5.41, 5.74) is 0.242. The fraction of sp³-hybridized carbons (Fsp3) is 0.421. The number of nitriles is 1. The minimum Gasteiger partial charge on any atom is -0.342 e. The Morgan fingerprint density at radius 2 is 2.25 bits per heavy atom. The molecule has 1 unspecified atom stereocenters. The normalized spacial score (nSPS) is 16.4. The van der Waals surface area contributed by atoms with Gasteiger partial charge >= 0.3 is 0 Å². The van der Waals surface area contributed by atoms with E-state index >= 15 is 0 Å². The maximum Gasteiger partial charge on any atom is 0.230 e. The lowest BCUT2D eigenvalue weighted by Gasteiger charge is -2.18. The number of nitrogens with one attached hydrogen (secondary N) is 1. The van der Waals surface area contributed by atoms with Gasteiger partial charge in [0.05, 0.1) is 12.1 Å². The lowest BCUT2D eigenvalue weighted by atomic mass is 10.1. The molecule has 3 heterocycles. The zero-order valence-electron chi connectivity index (χ0n) is 16.0. The average molecular weight is 381 g/mol. The van der Waals surface area contributed by atoms with Crippen LogP contribution < -0.4 is 5.32 Å². The van der Waals surface area contributed by atoms with Gasteiger partial charge < -0.3 is 15.1 Å². The Balaban J connectivity index is 1.69. The molecule has 0 bridgehead atoms. The van der Waals surface area contributed by atoms with Crippen LogP contribution in [0.1, 0.15) is 18.4 Å². The standard InChI is InChI=1S/C19H23N7O2/c1-24(2)8-5-9-25-13-14(10-17(25)27)19(28)23-18-15(11-20)12-22-26(18)16-6-3-4-7-21-16/h3-4,6-7,12,14H,5,8-10,13H2,1-2H3,(H,23,28). The molecule has 1 fully saturated rings. The second-order valence-electron chi connectivity index (χ2n) is 7.01. The number of hydrogen-bond donors (Lipinski definition) is 1. The molecule has 28 heavy (non-hydrogen) atoms. The minimum absolute atomic E-state index is 0.0161. The first-order chi connectivity index (χ1) is 13.5. The van der Waals surface area contributed by atoms with Crippen molar-refractivity contribution in [2.45, 2.75) is 12.8 Å². The van der Waals surface area contributed by atoms with E-state index in [2.05, 4.69) is 20.3 Å². The van der Waals surface area contributed by atoms with Crippen molar-refractivity contribution in [3.8, 4) is 11.9 Å². The minimum atomic E-state index is -0.453. The Morgan fingerprint density at radius 3 is 2.93 bits per heavy atom. The highest BCUT2D eigenvalue weighted by atomic mass is 16.2. The van der Waals surface area contributed by atoms with E-state index in [-0.39, 0.29) is 29.6 Å². The number of hydrogen-bond acceptors (Lipinski definition) is 6. The van der Waals surface area contributed by atoms with E-state index in [1.165, 1.54) is 10.9 Å². The zero-order chi connectivity index (χ0) is 20.1. The van der Waals surface area contributed by atoms with Gasteiger partial charge in [-0.1, -0.05) is 6.07 Å². The molecule has 0 aromatic carbocycles. The molecule has 1 aliphatic rings. The first kappa shape index (κ1) is 19.5. The van der Waals surface area contributed by atoms with Crippen LogP contribution in [-0.2, 0) is 9.59 Å². The van der Waals surface area contributed by atoms with E-state index in [1.807, 2.05) is 20.2 Å². The molecule has 0 spiro atoms. The summed E-state index contributed by atoms with van der Waals surface area (Å²) in [6.45, 7) is 1.91. The highest BCUT2D eigenvalue weighted by Crippen LogP contribution is 2.23. The molecule has 1 atom stereocenters. The Bertz CT molecular complexity index is 885. The fourth-order valence-electron chi connectivity index (χ4n) is 3.16. The van der Waals surface area contributed by atoms with Crippen molar-refractivity contribution in [3.63, 3.8) is 0 Å². The molecule has 146 valence electrons. The van der Waals surface area contributed by atoms with E-state index in [0.717, 1.165) is 13.0 Å². The van der Waals surface area contributed by atoms with Gasteiger partial charge in [-0.05, 0) is 39.2 Å². The summed E-state index contributed by atoms with van der Waals surface area (Å²) in [6, 6.07) is 7.33. The lowest BCUT2D eigenvalue weighted by molar-refractivity contribution is -0.128. The number of pyridine rings is 1. The van der Waals surface area contributed by atoms with Crippen LogP contribution in [-0.4, -0.2) is 70.1 Å². The molecule has 2 amide bonds. The number of amides is 2. The van der Waals surface area contributed by atoms with Gasteiger partial charge in [0.25, 0.3) is 0 Å². The molecule has 0 saturated carbocycles. The summed E-state index contributed by atoms with van der Waals surface area (Å²) in [7, 11) is 3.97. The maximum absolute atomic E-state index is 12.8. The Kier molecular flexibility index (Phi) is 6.01. The Labute approximate surface area is 163 Å². The predicted molar refractivity (Wildman–Crippen MR) is 103 cm³/mol. The number of rotatable bonds is 7. The molecule has 1 N–H and O–H groups in total. The molecule has 0 aliphatic carbocycles. The van der Waals surface area contributed by atoms with Crippen molar-refractivity contribution in [3.05, 3.63) is 36.2 Å². The molecule has 2 aromatic heterocycles. The van der Waals surface area contributed by atoms with Crippen LogP contribution in [0.3, 0.4) is 0 Å². The molecule has 1 saturated heterocycles. The summed E-state index contributed by atoms with van der Waals surface area (Å²) in [6.07, 6.45) is 4.03. The Hall–Kier alpha value is -3.25. The summed E-state index contributed by atoms with van der Waals surface area (Å²) < 4.78 is 1.42. The van der Waals surface area contributed by atoms with E-state index in [4.69, 9.17) is 0 Å². The number of aromatic nitrogens is 3. The number of nitrogens with zero attached hydrogens (tertiary/aromatic N) is 6. The first-order valence-electron chi connectivity index (χ1n) is 9.12. The van der Waals surface area contributed by atoms with Gasteiger partial charge in [0, 0.05) is 25.7 Å². The predicted octanol–water partition coefficient (Wildman–Crippen LogP) is 0.878. The van der Waals surface area contributed by atoms with E-state index in [9.17, 15) is 14.9 Å². The topological polar surface area (TPSA) is 107 Å². The molecular weight excluding hydrogens is 358 g/mol. The largest absolute Gasteiger partial charge is 0.342 e. The van der Waals surface area contributed by atoms with Gasteiger partial charge in [0.2, 0.25) is 11.8 Å². The molecule has 1 aliphatic heterocycles. The molecule has 9 nitrogen and oxygen atoms in total. The van der Waals surface area contributed by atoms with Crippen LogP contribution in [0.5, 0.6) is 0 Å². The van der Waals surface area contributed by atoms with Gasteiger partial charge in [-0.3, -0.25) is 9.59 Å². The van der Waals surface area contributed by atoms with Crippen LogP contribution in [0.2, 0.25) is 0 Å². The molecular formula is C19H23N7O2. The quantitative estimate of drug-likeness (QED) is 0.763. The van der Waals surface area contributed by atoms with E-state index in [0.29, 0.717) is 18.9 Å².